The van der Waals surface area contributed by atoms with Gasteiger partial charge in [-0.15, -0.1) is 24.0 Å². The molecule has 136 valence electrons. The van der Waals surface area contributed by atoms with Crippen LogP contribution in [0.3, 0.4) is 0 Å². The third-order valence-electron chi connectivity index (χ3n) is 3.84. The smallest absolute Gasteiger partial charge is 0.193 e. The standard InChI is InChI=1S/C17H27N3O2S.HI/c1-17(2)12-20(8-9-23-17)16(18-3)19-11-13-6-7-14(21-4)15(10-13)22-5;/h6-7,10H,8-9,11-12H2,1-5H3,(H,18,19);1H. The third-order valence-corrected chi connectivity index (χ3v) is 5.13. The van der Waals surface area contributed by atoms with E-state index in [1.807, 2.05) is 37.0 Å². The molecular formula is C17H28IN3O2S. The molecule has 5 nitrogen and oxygen atoms in total. The third kappa shape index (κ3) is 5.61. The van der Waals surface area contributed by atoms with Crippen LogP contribution in [0.15, 0.2) is 23.2 Å². The summed E-state index contributed by atoms with van der Waals surface area (Å²) in [5, 5.41) is 3.45. The van der Waals surface area contributed by atoms with E-state index in [-0.39, 0.29) is 28.7 Å². The number of halogens is 1. The zero-order valence-corrected chi connectivity index (χ0v) is 18.2. The van der Waals surface area contributed by atoms with Crippen LogP contribution in [-0.4, -0.2) is 55.7 Å². The number of hydrogen-bond acceptors (Lipinski definition) is 4. The number of rotatable bonds is 4. The summed E-state index contributed by atoms with van der Waals surface area (Å²) < 4.78 is 10.9. The van der Waals surface area contributed by atoms with Crippen LogP contribution in [0.25, 0.3) is 0 Å². The summed E-state index contributed by atoms with van der Waals surface area (Å²) in [6.45, 7) is 7.30. The minimum absolute atomic E-state index is 0. The van der Waals surface area contributed by atoms with Crippen molar-refractivity contribution in [2.75, 3.05) is 40.1 Å². The van der Waals surface area contributed by atoms with E-state index >= 15 is 0 Å². The van der Waals surface area contributed by atoms with Crippen LogP contribution in [-0.2, 0) is 6.54 Å². The van der Waals surface area contributed by atoms with E-state index in [9.17, 15) is 0 Å². The van der Waals surface area contributed by atoms with E-state index in [0.29, 0.717) is 6.54 Å². The largest absolute Gasteiger partial charge is 0.493 e. The molecule has 0 saturated carbocycles. The van der Waals surface area contributed by atoms with Gasteiger partial charge in [0, 0.05) is 37.2 Å². The van der Waals surface area contributed by atoms with Gasteiger partial charge in [-0.05, 0) is 31.5 Å². The summed E-state index contributed by atoms with van der Waals surface area (Å²) >= 11 is 2.02. The fourth-order valence-corrected chi connectivity index (χ4v) is 3.81. The molecule has 0 aromatic heterocycles. The Balaban J connectivity index is 0.00000288. The van der Waals surface area contributed by atoms with Crippen LogP contribution in [0.4, 0.5) is 0 Å². The van der Waals surface area contributed by atoms with Crippen molar-refractivity contribution < 1.29 is 9.47 Å². The van der Waals surface area contributed by atoms with Gasteiger partial charge in [-0.25, -0.2) is 0 Å². The lowest BCUT2D eigenvalue weighted by molar-refractivity contribution is 0.354. The van der Waals surface area contributed by atoms with Gasteiger partial charge in [0.15, 0.2) is 17.5 Å². The number of ether oxygens (including phenoxy) is 2. The SMILES string of the molecule is CN=C(NCc1ccc(OC)c(OC)c1)N1CCSC(C)(C)C1.I. The van der Waals surface area contributed by atoms with Crippen molar-refractivity contribution in [1.82, 2.24) is 10.2 Å². The molecule has 0 spiro atoms. The molecule has 0 bridgehead atoms. The molecule has 1 N–H and O–H groups in total. The summed E-state index contributed by atoms with van der Waals surface area (Å²) in [6, 6.07) is 5.96. The summed E-state index contributed by atoms with van der Waals surface area (Å²) in [5.41, 5.74) is 1.13. The predicted octanol–water partition coefficient (Wildman–Crippen LogP) is 3.22. The molecule has 1 aliphatic heterocycles. The first-order valence-corrected chi connectivity index (χ1v) is 8.78. The second kappa shape index (κ2) is 9.60. The number of benzene rings is 1. The first-order chi connectivity index (χ1) is 11.0. The monoisotopic (exact) mass is 465 g/mol. The molecule has 7 heteroatoms. The lowest BCUT2D eigenvalue weighted by Crippen LogP contribution is -2.50. The Hall–Kier alpha value is -0.830. The minimum Gasteiger partial charge on any atom is -0.493 e. The lowest BCUT2D eigenvalue weighted by Gasteiger charge is -2.39. The molecule has 1 saturated heterocycles. The van der Waals surface area contributed by atoms with E-state index in [0.717, 1.165) is 41.9 Å². The molecule has 1 aromatic rings. The normalized spacial score (nSPS) is 17.0. The van der Waals surface area contributed by atoms with E-state index in [1.54, 1.807) is 14.2 Å². The first-order valence-electron chi connectivity index (χ1n) is 7.79. The zero-order valence-electron chi connectivity index (χ0n) is 15.1. The van der Waals surface area contributed by atoms with Crippen LogP contribution in [0, 0.1) is 0 Å². The molecule has 0 unspecified atom stereocenters. The Kier molecular flexibility index (Phi) is 8.49. The van der Waals surface area contributed by atoms with Crippen molar-refractivity contribution in [3.63, 3.8) is 0 Å². The fraction of sp³-hybridized carbons (Fsp3) is 0.588. The highest BCUT2D eigenvalue weighted by molar-refractivity contribution is 14.0. The van der Waals surface area contributed by atoms with E-state index in [2.05, 4.69) is 29.1 Å². The van der Waals surface area contributed by atoms with Crippen molar-refractivity contribution in [2.45, 2.75) is 25.1 Å². The number of guanidine groups is 1. The van der Waals surface area contributed by atoms with Crippen LogP contribution in [0.5, 0.6) is 11.5 Å². The van der Waals surface area contributed by atoms with E-state index < -0.39 is 0 Å². The van der Waals surface area contributed by atoms with Crippen molar-refractivity contribution >= 4 is 41.7 Å². The minimum atomic E-state index is 0. The molecule has 1 aliphatic rings. The molecule has 24 heavy (non-hydrogen) atoms. The second-order valence-electron chi connectivity index (χ2n) is 6.12. The maximum absolute atomic E-state index is 5.36. The Morgan fingerprint density at radius 3 is 2.58 bits per heavy atom. The highest BCUT2D eigenvalue weighted by atomic mass is 127. The lowest BCUT2D eigenvalue weighted by atomic mass is 10.2. The molecule has 1 heterocycles. The molecule has 0 atom stereocenters. The molecular weight excluding hydrogens is 437 g/mol. The predicted molar refractivity (Wildman–Crippen MR) is 113 cm³/mol. The highest BCUT2D eigenvalue weighted by Gasteiger charge is 2.28. The molecule has 1 aromatic carbocycles. The summed E-state index contributed by atoms with van der Waals surface area (Å²) in [4.78, 5) is 6.77. The van der Waals surface area contributed by atoms with Gasteiger partial charge in [0.2, 0.25) is 0 Å². The van der Waals surface area contributed by atoms with Crippen LogP contribution in [0.2, 0.25) is 0 Å². The Morgan fingerprint density at radius 2 is 2.00 bits per heavy atom. The van der Waals surface area contributed by atoms with Gasteiger partial charge in [0.05, 0.1) is 14.2 Å². The number of thioether (sulfide) groups is 1. The molecule has 2 rings (SSSR count). The van der Waals surface area contributed by atoms with Gasteiger partial charge in [0.1, 0.15) is 0 Å². The summed E-state index contributed by atoms with van der Waals surface area (Å²) in [5.74, 6) is 3.57. The summed E-state index contributed by atoms with van der Waals surface area (Å²) in [6.07, 6.45) is 0. The molecule has 0 aliphatic carbocycles. The van der Waals surface area contributed by atoms with Crippen molar-refractivity contribution in [3.05, 3.63) is 23.8 Å². The number of nitrogens with zero attached hydrogens (tertiary/aromatic N) is 2. The summed E-state index contributed by atoms with van der Waals surface area (Å²) in [7, 11) is 5.14. The van der Waals surface area contributed by atoms with Gasteiger partial charge in [-0.1, -0.05) is 6.07 Å². The average Bonchev–Trinajstić information content (AvgIpc) is 2.54. The molecule has 0 amide bonds. The topological polar surface area (TPSA) is 46.1 Å². The van der Waals surface area contributed by atoms with E-state index in [4.69, 9.17) is 9.47 Å². The number of nitrogens with one attached hydrogen (secondary N) is 1. The quantitative estimate of drug-likeness (QED) is 0.421. The van der Waals surface area contributed by atoms with E-state index in [1.165, 1.54) is 0 Å². The van der Waals surface area contributed by atoms with Crippen LogP contribution < -0.4 is 14.8 Å². The Labute approximate surface area is 166 Å². The van der Waals surface area contributed by atoms with Gasteiger partial charge < -0.3 is 19.7 Å². The number of aliphatic imine (C=N–C) groups is 1. The number of hydrogen-bond donors (Lipinski definition) is 1. The fourth-order valence-electron chi connectivity index (χ4n) is 2.70. The zero-order chi connectivity index (χ0) is 16.9. The molecule has 1 fully saturated rings. The first kappa shape index (κ1) is 21.2. The van der Waals surface area contributed by atoms with Crippen LogP contribution >= 0.6 is 35.7 Å². The Morgan fingerprint density at radius 1 is 1.29 bits per heavy atom. The van der Waals surface area contributed by atoms with Crippen molar-refractivity contribution in [3.8, 4) is 11.5 Å². The van der Waals surface area contributed by atoms with Gasteiger partial charge in [0.25, 0.3) is 0 Å². The molecule has 0 radical (unpaired) electrons. The maximum Gasteiger partial charge on any atom is 0.193 e. The van der Waals surface area contributed by atoms with Crippen molar-refractivity contribution in [2.24, 2.45) is 4.99 Å². The van der Waals surface area contributed by atoms with Crippen LogP contribution in [0.1, 0.15) is 19.4 Å². The van der Waals surface area contributed by atoms with Gasteiger partial charge >= 0.3 is 0 Å². The highest BCUT2D eigenvalue weighted by Crippen LogP contribution is 2.30. The maximum atomic E-state index is 5.36. The van der Waals surface area contributed by atoms with Gasteiger partial charge in [-0.2, -0.15) is 11.8 Å². The average molecular weight is 465 g/mol. The van der Waals surface area contributed by atoms with Gasteiger partial charge in [-0.3, -0.25) is 4.99 Å². The Bertz CT molecular complexity index is 567. The number of methoxy groups -OCH3 is 2. The van der Waals surface area contributed by atoms with Crippen molar-refractivity contribution in [1.29, 1.82) is 0 Å². The second-order valence-corrected chi connectivity index (χ2v) is 7.92.